The Morgan fingerprint density at radius 3 is 3.04 bits per heavy atom. The van der Waals surface area contributed by atoms with Crippen molar-refractivity contribution in [2.75, 3.05) is 39.5 Å². The minimum absolute atomic E-state index is 0.0208. The van der Waals surface area contributed by atoms with Crippen LogP contribution in [0.25, 0.3) is 0 Å². The summed E-state index contributed by atoms with van der Waals surface area (Å²) in [6.45, 7) is 4.30. The standard InChI is InChI=1S/C18H25N5O4/c24-18(15-9-19-20-10-15)23-5-1-14(11-23)17-21-16(22-27-17)4-8-26-12-13-2-6-25-7-3-13/h9-10,13-14H,1-8,11-12H2,(H,19,20). The Kier molecular flexibility index (Phi) is 5.78. The van der Waals surface area contributed by atoms with Crippen molar-refractivity contribution in [3.63, 3.8) is 0 Å². The summed E-state index contributed by atoms with van der Waals surface area (Å²) in [5.41, 5.74) is 0.573. The summed E-state index contributed by atoms with van der Waals surface area (Å²) in [6, 6.07) is 0. The minimum Gasteiger partial charge on any atom is -0.381 e. The first-order valence-corrected chi connectivity index (χ1v) is 9.55. The maximum atomic E-state index is 12.4. The molecule has 1 atom stereocenters. The monoisotopic (exact) mass is 375 g/mol. The summed E-state index contributed by atoms with van der Waals surface area (Å²) < 4.78 is 16.5. The lowest BCUT2D eigenvalue weighted by Crippen LogP contribution is -2.28. The molecule has 0 aromatic carbocycles. The summed E-state index contributed by atoms with van der Waals surface area (Å²) in [4.78, 5) is 18.7. The predicted molar refractivity (Wildman–Crippen MR) is 94.2 cm³/mol. The van der Waals surface area contributed by atoms with Crippen LogP contribution in [0, 0.1) is 5.92 Å². The number of carbonyl (C=O) groups excluding carboxylic acids is 1. The number of likely N-dealkylation sites (tertiary alicyclic amines) is 1. The smallest absolute Gasteiger partial charge is 0.257 e. The van der Waals surface area contributed by atoms with Gasteiger partial charge in [-0.1, -0.05) is 5.16 Å². The second-order valence-electron chi connectivity index (χ2n) is 7.15. The molecule has 0 radical (unpaired) electrons. The minimum atomic E-state index is -0.0208. The Morgan fingerprint density at radius 2 is 2.22 bits per heavy atom. The van der Waals surface area contributed by atoms with Gasteiger partial charge in [0.15, 0.2) is 5.82 Å². The number of ether oxygens (including phenoxy) is 2. The molecule has 0 spiro atoms. The molecule has 2 aromatic rings. The fourth-order valence-corrected chi connectivity index (χ4v) is 3.56. The van der Waals surface area contributed by atoms with Gasteiger partial charge >= 0.3 is 0 Å². The molecule has 4 heterocycles. The van der Waals surface area contributed by atoms with Crippen molar-refractivity contribution >= 4 is 5.91 Å². The highest BCUT2D eigenvalue weighted by Crippen LogP contribution is 2.27. The lowest BCUT2D eigenvalue weighted by atomic mass is 10.0. The van der Waals surface area contributed by atoms with Gasteiger partial charge in [0, 0.05) is 45.5 Å². The zero-order chi connectivity index (χ0) is 18.5. The molecule has 1 N–H and O–H groups in total. The van der Waals surface area contributed by atoms with Gasteiger partial charge in [-0.2, -0.15) is 10.1 Å². The Hall–Kier alpha value is -2.26. The quantitative estimate of drug-likeness (QED) is 0.729. The van der Waals surface area contributed by atoms with Crippen molar-refractivity contribution in [1.29, 1.82) is 0 Å². The highest BCUT2D eigenvalue weighted by atomic mass is 16.5. The SMILES string of the molecule is O=C(c1cn[nH]c1)N1CCC(c2nc(CCOCC3CCOCC3)no2)C1. The first-order chi connectivity index (χ1) is 13.3. The molecule has 9 heteroatoms. The van der Waals surface area contributed by atoms with Gasteiger partial charge in [0.05, 0.1) is 24.3 Å². The molecule has 4 rings (SSSR count). The topological polar surface area (TPSA) is 106 Å². The predicted octanol–water partition coefficient (Wildman–Crippen LogP) is 1.41. The van der Waals surface area contributed by atoms with Crippen molar-refractivity contribution < 1.29 is 18.8 Å². The number of hydrogen-bond acceptors (Lipinski definition) is 7. The van der Waals surface area contributed by atoms with Crippen LogP contribution in [-0.2, 0) is 15.9 Å². The van der Waals surface area contributed by atoms with Gasteiger partial charge in [-0.15, -0.1) is 0 Å². The van der Waals surface area contributed by atoms with Gasteiger partial charge in [0.1, 0.15) is 0 Å². The van der Waals surface area contributed by atoms with Crippen molar-refractivity contribution in [3.05, 3.63) is 29.7 Å². The molecule has 0 aliphatic carbocycles. The van der Waals surface area contributed by atoms with Crippen molar-refractivity contribution in [2.45, 2.75) is 31.6 Å². The number of carbonyl (C=O) groups is 1. The average molecular weight is 375 g/mol. The Bertz CT molecular complexity index is 726. The van der Waals surface area contributed by atoms with E-state index in [9.17, 15) is 4.79 Å². The zero-order valence-electron chi connectivity index (χ0n) is 15.3. The van der Waals surface area contributed by atoms with E-state index in [1.54, 1.807) is 17.3 Å². The third-order valence-electron chi connectivity index (χ3n) is 5.22. The summed E-state index contributed by atoms with van der Waals surface area (Å²) in [5, 5.41) is 10.6. The average Bonchev–Trinajstić information content (AvgIpc) is 3.47. The fraction of sp³-hybridized carbons (Fsp3) is 0.667. The molecule has 2 saturated heterocycles. The lowest BCUT2D eigenvalue weighted by Gasteiger charge is -2.21. The molecule has 9 nitrogen and oxygen atoms in total. The number of H-pyrrole nitrogens is 1. The lowest BCUT2D eigenvalue weighted by molar-refractivity contribution is 0.0211. The number of aromatic nitrogens is 4. The molecule has 2 fully saturated rings. The Balaban J connectivity index is 1.21. The number of rotatable bonds is 7. The molecular weight excluding hydrogens is 350 g/mol. The Morgan fingerprint density at radius 1 is 1.33 bits per heavy atom. The van der Waals surface area contributed by atoms with E-state index >= 15 is 0 Å². The van der Waals surface area contributed by atoms with Crippen LogP contribution in [0.15, 0.2) is 16.9 Å². The van der Waals surface area contributed by atoms with Crippen LogP contribution < -0.4 is 0 Å². The van der Waals surface area contributed by atoms with Gasteiger partial charge in [0.25, 0.3) is 5.91 Å². The van der Waals surface area contributed by atoms with Crippen LogP contribution >= 0.6 is 0 Å². The first-order valence-electron chi connectivity index (χ1n) is 9.55. The van der Waals surface area contributed by atoms with E-state index < -0.39 is 0 Å². The molecule has 0 saturated carbocycles. The van der Waals surface area contributed by atoms with Crippen molar-refractivity contribution in [3.8, 4) is 0 Å². The molecule has 2 aliphatic rings. The van der Waals surface area contributed by atoms with Gasteiger partial charge in [-0.25, -0.2) is 0 Å². The fourth-order valence-electron chi connectivity index (χ4n) is 3.56. The van der Waals surface area contributed by atoms with Crippen LogP contribution in [0.5, 0.6) is 0 Å². The number of aromatic amines is 1. The van der Waals surface area contributed by atoms with E-state index in [-0.39, 0.29) is 11.8 Å². The van der Waals surface area contributed by atoms with Crippen LogP contribution in [0.2, 0.25) is 0 Å². The summed E-state index contributed by atoms with van der Waals surface area (Å²) in [7, 11) is 0. The summed E-state index contributed by atoms with van der Waals surface area (Å²) in [6.07, 6.45) is 6.76. The largest absolute Gasteiger partial charge is 0.381 e. The molecular formula is C18H25N5O4. The second-order valence-corrected chi connectivity index (χ2v) is 7.15. The van der Waals surface area contributed by atoms with Gasteiger partial charge in [-0.05, 0) is 25.2 Å². The molecule has 2 aliphatic heterocycles. The van der Waals surface area contributed by atoms with Gasteiger partial charge < -0.3 is 18.9 Å². The van der Waals surface area contributed by atoms with E-state index in [4.69, 9.17) is 14.0 Å². The molecule has 2 aromatic heterocycles. The van der Waals surface area contributed by atoms with Crippen molar-refractivity contribution in [1.82, 2.24) is 25.2 Å². The van der Waals surface area contributed by atoms with Crippen LogP contribution in [0.4, 0.5) is 0 Å². The van der Waals surface area contributed by atoms with Gasteiger partial charge in [0.2, 0.25) is 5.89 Å². The number of nitrogens with zero attached hydrogens (tertiary/aromatic N) is 4. The van der Waals surface area contributed by atoms with Gasteiger partial charge in [-0.3, -0.25) is 9.89 Å². The molecule has 1 amide bonds. The number of nitrogens with one attached hydrogen (secondary N) is 1. The Labute approximate surface area is 157 Å². The zero-order valence-corrected chi connectivity index (χ0v) is 15.3. The van der Waals surface area contributed by atoms with E-state index in [0.29, 0.717) is 49.3 Å². The maximum Gasteiger partial charge on any atom is 0.257 e. The molecule has 1 unspecified atom stereocenters. The normalized spacial score (nSPS) is 21.0. The molecule has 0 bridgehead atoms. The number of amides is 1. The van der Waals surface area contributed by atoms with Crippen LogP contribution in [0.3, 0.4) is 0 Å². The van der Waals surface area contributed by atoms with Crippen LogP contribution in [0.1, 0.15) is 47.3 Å². The summed E-state index contributed by atoms with van der Waals surface area (Å²) in [5.74, 6) is 1.93. The third-order valence-corrected chi connectivity index (χ3v) is 5.22. The van der Waals surface area contributed by atoms with Crippen molar-refractivity contribution in [2.24, 2.45) is 5.92 Å². The maximum absolute atomic E-state index is 12.4. The van der Waals surface area contributed by atoms with E-state index in [2.05, 4.69) is 20.3 Å². The van der Waals surface area contributed by atoms with E-state index in [0.717, 1.165) is 39.1 Å². The third kappa shape index (κ3) is 4.54. The van der Waals surface area contributed by atoms with E-state index in [1.807, 2.05) is 0 Å². The highest BCUT2D eigenvalue weighted by Gasteiger charge is 2.31. The first kappa shape index (κ1) is 18.1. The molecule has 27 heavy (non-hydrogen) atoms. The van der Waals surface area contributed by atoms with E-state index in [1.165, 1.54) is 0 Å². The molecule has 146 valence electrons. The second kappa shape index (κ2) is 8.62. The number of hydrogen-bond donors (Lipinski definition) is 1. The summed E-state index contributed by atoms with van der Waals surface area (Å²) >= 11 is 0. The highest BCUT2D eigenvalue weighted by molar-refractivity contribution is 5.93. The van der Waals surface area contributed by atoms with Crippen LogP contribution in [-0.4, -0.2) is 70.7 Å².